The van der Waals surface area contributed by atoms with Crippen molar-refractivity contribution in [2.24, 2.45) is 0 Å². The monoisotopic (exact) mass is 370 g/mol. The summed E-state index contributed by atoms with van der Waals surface area (Å²) in [6.07, 6.45) is 0. The Labute approximate surface area is 154 Å². The number of hydrogen-bond acceptors (Lipinski definition) is 4. The van der Waals surface area contributed by atoms with Gasteiger partial charge in [0.2, 0.25) is 0 Å². The summed E-state index contributed by atoms with van der Waals surface area (Å²) < 4.78 is 5.56. The second-order valence-electron chi connectivity index (χ2n) is 5.69. The minimum absolute atomic E-state index is 0.110. The quantitative estimate of drug-likeness (QED) is 0.519. The van der Waals surface area contributed by atoms with Gasteiger partial charge in [-0.05, 0) is 36.2 Å². The fourth-order valence-electron chi connectivity index (χ4n) is 2.49. The predicted molar refractivity (Wildman–Crippen MR) is 98.2 cm³/mol. The lowest BCUT2D eigenvalue weighted by atomic mass is 10.1. The molecule has 6 nitrogen and oxygen atoms in total. The van der Waals surface area contributed by atoms with Gasteiger partial charge in [0.1, 0.15) is 5.76 Å². The lowest BCUT2D eigenvalue weighted by Gasteiger charge is -2.06. The fraction of sp³-hybridized carbons (Fsp3) is 0.105. The Morgan fingerprint density at radius 3 is 2.65 bits per heavy atom. The number of nitrogens with zero attached hydrogens (tertiary/aromatic N) is 1. The normalized spacial score (nSPS) is 10.5. The van der Waals surface area contributed by atoms with E-state index < -0.39 is 4.92 Å². The predicted octanol–water partition coefficient (Wildman–Crippen LogP) is 4.75. The summed E-state index contributed by atoms with van der Waals surface area (Å²) in [5.74, 6) is 0.159. The van der Waals surface area contributed by atoms with Gasteiger partial charge in [0, 0.05) is 24.2 Å². The molecule has 0 radical (unpaired) electrons. The van der Waals surface area contributed by atoms with Gasteiger partial charge in [-0.15, -0.1) is 0 Å². The number of halogens is 1. The van der Waals surface area contributed by atoms with E-state index in [1.54, 1.807) is 12.1 Å². The van der Waals surface area contributed by atoms with Crippen LogP contribution in [0.5, 0.6) is 0 Å². The molecule has 0 fully saturated rings. The molecule has 0 bridgehead atoms. The van der Waals surface area contributed by atoms with Crippen LogP contribution in [0.3, 0.4) is 0 Å². The van der Waals surface area contributed by atoms with Crippen LogP contribution >= 0.6 is 11.6 Å². The van der Waals surface area contributed by atoms with Crippen LogP contribution in [-0.4, -0.2) is 10.8 Å². The first-order chi connectivity index (χ1) is 12.5. The lowest BCUT2D eigenvalue weighted by molar-refractivity contribution is -0.384. The van der Waals surface area contributed by atoms with E-state index in [-0.39, 0.29) is 22.4 Å². The number of amides is 1. The lowest BCUT2D eigenvalue weighted by Crippen LogP contribution is -2.22. The number of nitro benzene ring substituents is 1. The average molecular weight is 371 g/mol. The summed E-state index contributed by atoms with van der Waals surface area (Å²) in [5.41, 5.74) is 2.48. The molecule has 0 aliphatic rings. The molecule has 1 N–H and O–H groups in total. The summed E-state index contributed by atoms with van der Waals surface area (Å²) in [7, 11) is 0. The van der Waals surface area contributed by atoms with E-state index in [0.717, 1.165) is 11.1 Å². The van der Waals surface area contributed by atoms with Crippen LogP contribution in [0.1, 0.15) is 21.7 Å². The van der Waals surface area contributed by atoms with Gasteiger partial charge in [-0.1, -0.05) is 35.9 Å². The van der Waals surface area contributed by atoms with Gasteiger partial charge in [-0.25, -0.2) is 0 Å². The minimum atomic E-state index is -0.526. The molecule has 0 spiro atoms. The molecule has 0 aliphatic carbocycles. The van der Waals surface area contributed by atoms with Crippen molar-refractivity contribution in [3.05, 3.63) is 86.6 Å². The largest absolute Gasteiger partial charge is 0.451 e. The number of aryl methyl sites for hydroxylation is 1. The Morgan fingerprint density at radius 1 is 1.19 bits per heavy atom. The van der Waals surface area contributed by atoms with Crippen molar-refractivity contribution in [2.45, 2.75) is 13.5 Å². The van der Waals surface area contributed by atoms with E-state index in [2.05, 4.69) is 5.32 Å². The van der Waals surface area contributed by atoms with Crippen LogP contribution in [0.2, 0.25) is 5.02 Å². The van der Waals surface area contributed by atoms with Crippen molar-refractivity contribution in [3.8, 4) is 11.3 Å². The summed E-state index contributed by atoms with van der Waals surface area (Å²) in [6.45, 7) is 2.36. The molecular weight excluding hydrogens is 356 g/mol. The van der Waals surface area contributed by atoms with Gasteiger partial charge in [0.15, 0.2) is 5.76 Å². The summed E-state index contributed by atoms with van der Waals surface area (Å²) in [6, 6.07) is 15.0. The van der Waals surface area contributed by atoms with Crippen LogP contribution in [0.25, 0.3) is 11.3 Å². The summed E-state index contributed by atoms with van der Waals surface area (Å²) >= 11 is 6.09. The first-order valence-electron chi connectivity index (χ1n) is 7.82. The molecule has 0 unspecified atom stereocenters. The fourth-order valence-corrected chi connectivity index (χ4v) is 2.76. The molecule has 7 heteroatoms. The standard InChI is InChI=1S/C19H15ClN2O4/c1-12-4-2-3-5-13(12)11-21-19(23)18-9-8-17(26-18)15-7-6-14(22(24)25)10-16(15)20/h2-10H,11H2,1H3,(H,21,23). The van der Waals surface area contributed by atoms with E-state index >= 15 is 0 Å². The van der Waals surface area contributed by atoms with Crippen molar-refractivity contribution in [1.82, 2.24) is 5.32 Å². The van der Waals surface area contributed by atoms with Crippen molar-refractivity contribution >= 4 is 23.2 Å². The molecule has 1 aromatic heterocycles. The van der Waals surface area contributed by atoms with Crippen LogP contribution in [0.15, 0.2) is 59.0 Å². The second kappa shape index (κ2) is 7.41. The molecule has 26 heavy (non-hydrogen) atoms. The number of furan rings is 1. The first-order valence-corrected chi connectivity index (χ1v) is 8.20. The highest BCUT2D eigenvalue weighted by Gasteiger charge is 2.16. The highest BCUT2D eigenvalue weighted by molar-refractivity contribution is 6.33. The number of hydrogen-bond donors (Lipinski definition) is 1. The Morgan fingerprint density at radius 2 is 1.96 bits per heavy atom. The van der Waals surface area contributed by atoms with Gasteiger partial charge in [0.25, 0.3) is 11.6 Å². The molecule has 0 saturated heterocycles. The van der Waals surface area contributed by atoms with Gasteiger partial charge in [0.05, 0.1) is 9.95 Å². The highest BCUT2D eigenvalue weighted by Crippen LogP contribution is 2.32. The molecule has 1 heterocycles. The van der Waals surface area contributed by atoms with E-state index in [1.165, 1.54) is 18.2 Å². The smallest absolute Gasteiger partial charge is 0.287 e. The molecule has 0 saturated carbocycles. The average Bonchev–Trinajstić information content (AvgIpc) is 3.10. The maximum atomic E-state index is 12.3. The maximum Gasteiger partial charge on any atom is 0.287 e. The van der Waals surface area contributed by atoms with Crippen molar-refractivity contribution in [2.75, 3.05) is 0 Å². The summed E-state index contributed by atoms with van der Waals surface area (Å²) in [5, 5.41) is 13.8. The van der Waals surface area contributed by atoms with Crippen molar-refractivity contribution < 1.29 is 14.1 Å². The number of carbonyl (C=O) groups is 1. The molecular formula is C19H15ClN2O4. The zero-order valence-electron chi connectivity index (χ0n) is 13.9. The Balaban J connectivity index is 1.74. The zero-order chi connectivity index (χ0) is 18.7. The number of non-ortho nitro benzene ring substituents is 1. The molecule has 3 rings (SSSR count). The first kappa shape index (κ1) is 17.7. The van der Waals surface area contributed by atoms with Crippen molar-refractivity contribution in [3.63, 3.8) is 0 Å². The number of carbonyl (C=O) groups excluding carboxylic acids is 1. The number of benzene rings is 2. The van der Waals surface area contributed by atoms with Crippen LogP contribution in [0.4, 0.5) is 5.69 Å². The van der Waals surface area contributed by atoms with E-state index in [1.807, 2.05) is 31.2 Å². The molecule has 0 aliphatic heterocycles. The maximum absolute atomic E-state index is 12.3. The summed E-state index contributed by atoms with van der Waals surface area (Å²) in [4.78, 5) is 22.5. The Bertz CT molecular complexity index is 981. The van der Waals surface area contributed by atoms with E-state index in [0.29, 0.717) is 17.9 Å². The second-order valence-corrected chi connectivity index (χ2v) is 6.10. The van der Waals surface area contributed by atoms with Gasteiger partial charge in [-0.3, -0.25) is 14.9 Å². The Kier molecular flexibility index (Phi) is 5.04. The van der Waals surface area contributed by atoms with Gasteiger partial charge in [-0.2, -0.15) is 0 Å². The number of nitro groups is 1. The van der Waals surface area contributed by atoms with Crippen LogP contribution in [0, 0.1) is 17.0 Å². The topological polar surface area (TPSA) is 85.4 Å². The SMILES string of the molecule is Cc1ccccc1CNC(=O)c1ccc(-c2ccc([N+](=O)[O-])cc2Cl)o1. The molecule has 1 amide bonds. The third-order valence-corrected chi connectivity index (χ3v) is 4.27. The van der Waals surface area contributed by atoms with Crippen molar-refractivity contribution in [1.29, 1.82) is 0 Å². The number of nitrogens with one attached hydrogen (secondary N) is 1. The third kappa shape index (κ3) is 3.75. The van der Waals surface area contributed by atoms with Gasteiger partial charge < -0.3 is 9.73 Å². The number of rotatable bonds is 5. The molecule has 3 aromatic rings. The highest BCUT2D eigenvalue weighted by atomic mass is 35.5. The van der Waals surface area contributed by atoms with Crippen LogP contribution < -0.4 is 5.32 Å². The van der Waals surface area contributed by atoms with Gasteiger partial charge >= 0.3 is 0 Å². The van der Waals surface area contributed by atoms with Crippen LogP contribution in [-0.2, 0) is 6.54 Å². The minimum Gasteiger partial charge on any atom is -0.451 e. The zero-order valence-corrected chi connectivity index (χ0v) is 14.6. The Hall–Kier alpha value is -3.12. The van der Waals surface area contributed by atoms with E-state index in [9.17, 15) is 14.9 Å². The van der Waals surface area contributed by atoms with E-state index in [4.69, 9.17) is 16.0 Å². The molecule has 132 valence electrons. The third-order valence-electron chi connectivity index (χ3n) is 3.96. The molecule has 2 aromatic carbocycles. The molecule has 0 atom stereocenters.